The van der Waals surface area contributed by atoms with Gasteiger partial charge in [0.05, 0.1) is 0 Å². The lowest BCUT2D eigenvalue weighted by molar-refractivity contribution is 0.0936. The number of rotatable bonds is 8. The minimum Gasteiger partial charge on any atom is -0.352 e. The third kappa shape index (κ3) is 6.69. The number of carbonyl (C=O) groups is 1. The van der Waals surface area contributed by atoms with Crippen molar-refractivity contribution in [3.63, 3.8) is 0 Å². The molecule has 1 atom stereocenters. The molecule has 1 saturated carbocycles. The minimum absolute atomic E-state index is 0.0999. The Morgan fingerprint density at radius 1 is 1.12 bits per heavy atom. The van der Waals surface area contributed by atoms with E-state index in [1.807, 2.05) is 0 Å². The Bertz CT molecular complexity index is 569. The maximum atomic E-state index is 12.2. The van der Waals surface area contributed by atoms with Gasteiger partial charge < -0.3 is 10.2 Å². The van der Waals surface area contributed by atoms with E-state index >= 15 is 0 Å². The molecule has 138 valence electrons. The SMILES string of the molecule is O=C(NCC1CCN(CCNPC2CC2)CC1)c1cc(Cl)cc(Cl)c1. The molecule has 1 saturated heterocycles. The molecular formula is C18H26Cl2N3OP. The first kappa shape index (κ1) is 19.4. The third-order valence-corrected chi connectivity index (χ3v) is 6.70. The second-order valence-electron chi connectivity index (χ2n) is 7.00. The van der Waals surface area contributed by atoms with E-state index in [0.717, 1.165) is 60.0 Å². The minimum atomic E-state index is -0.0999. The van der Waals surface area contributed by atoms with Crippen LogP contribution in [0.5, 0.6) is 0 Å². The van der Waals surface area contributed by atoms with Crippen molar-refractivity contribution >= 4 is 37.8 Å². The molecular weight excluding hydrogens is 376 g/mol. The molecule has 25 heavy (non-hydrogen) atoms. The van der Waals surface area contributed by atoms with Crippen LogP contribution in [0, 0.1) is 5.92 Å². The van der Waals surface area contributed by atoms with Gasteiger partial charge in [-0.2, -0.15) is 0 Å². The average molecular weight is 402 g/mol. The first-order chi connectivity index (χ1) is 12.1. The first-order valence-corrected chi connectivity index (χ1v) is 10.9. The van der Waals surface area contributed by atoms with E-state index in [1.165, 1.54) is 12.8 Å². The highest BCUT2D eigenvalue weighted by molar-refractivity contribution is 7.36. The van der Waals surface area contributed by atoms with Crippen molar-refractivity contribution in [2.75, 3.05) is 32.7 Å². The largest absolute Gasteiger partial charge is 0.352 e. The summed E-state index contributed by atoms with van der Waals surface area (Å²) in [6, 6.07) is 4.94. The summed E-state index contributed by atoms with van der Waals surface area (Å²) in [5.74, 6) is 0.452. The number of piperidine rings is 1. The van der Waals surface area contributed by atoms with E-state index < -0.39 is 0 Å². The zero-order valence-electron chi connectivity index (χ0n) is 14.4. The number of benzene rings is 1. The topological polar surface area (TPSA) is 44.4 Å². The normalized spacial score (nSPS) is 19.6. The smallest absolute Gasteiger partial charge is 0.251 e. The zero-order chi connectivity index (χ0) is 17.6. The van der Waals surface area contributed by atoms with Crippen molar-refractivity contribution in [1.82, 2.24) is 15.3 Å². The first-order valence-electron chi connectivity index (χ1n) is 9.05. The summed E-state index contributed by atoms with van der Waals surface area (Å²) in [5, 5.41) is 7.58. The van der Waals surface area contributed by atoms with Gasteiger partial charge >= 0.3 is 0 Å². The number of hydrogen-bond acceptors (Lipinski definition) is 3. The summed E-state index contributed by atoms with van der Waals surface area (Å²) in [4.78, 5) is 14.8. The Labute approximate surface area is 161 Å². The van der Waals surface area contributed by atoms with Crippen LogP contribution >= 0.6 is 31.9 Å². The molecule has 1 unspecified atom stereocenters. The summed E-state index contributed by atoms with van der Waals surface area (Å²) in [6.07, 6.45) is 5.12. The second kappa shape index (κ2) is 9.53. The van der Waals surface area contributed by atoms with Gasteiger partial charge in [-0.25, -0.2) is 0 Å². The van der Waals surface area contributed by atoms with Crippen LogP contribution in [0.3, 0.4) is 0 Å². The van der Waals surface area contributed by atoms with E-state index in [2.05, 4.69) is 15.3 Å². The number of amides is 1. The van der Waals surface area contributed by atoms with E-state index in [1.54, 1.807) is 18.2 Å². The molecule has 7 heteroatoms. The fourth-order valence-electron chi connectivity index (χ4n) is 3.10. The third-order valence-electron chi connectivity index (χ3n) is 4.82. The van der Waals surface area contributed by atoms with Crippen molar-refractivity contribution in [1.29, 1.82) is 0 Å². The Morgan fingerprint density at radius 2 is 1.80 bits per heavy atom. The predicted octanol–water partition coefficient (Wildman–Crippen LogP) is 3.78. The van der Waals surface area contributed by atoms with Gasteiger partial charge in [0.1, 0.15) is 0 Å². The van der Waals surface area contributed by atoms with Crippen LogP contribution in [-0.2, 0) is 0 Å². The Balaban J connectivity index is 1.32. The number of hydrogen-bond donors (Lipinski definition) is 2. The van der Waals surface area contributed by atoms with Crippen LogP contribution < -0.4 is 10.4 Å². The maximum absolute atomic E-state index is 12.2. The lowest BCUT2D eigenvalue weighted by Crippen LogP contribution is -2.40. The molecule has 1 heterocycles. The van der Waals surface area contributed by atoms with Crippen molar-refractivity contribution in [3.8, 4) is 0 Å². The quantitative estimate of drug-likeness (QED) is 0.514. The van der Waals surface area contributed by atoms with E-state index in [4.69, 9.17) is 23.2 Å². The fraction of sp³-hybridized carbons (Fsp3) is 0.611. The van der Waals surface area contributed by atoms with Crippen molar-refractivity contribution in [2.24, 2.45) is 5.92 Å². The van der Waals surface area contributed by atoms with Gasteiger partial charge in [-0.3, -0.25) is 9.88 Å². The highest BCUT2D eigenvalue weighted by atomic mass is 35.5. The highest BCUT2D eigenvalue weighted by Gasteiger charge is 2.22. The van der Waals surface area contributed by atoms with E-state index in [0.29, 0.717) is 21.5 Å². The Morgan fingerprint density at radius 3 is 2.44 bits per heavy atom. The summed E-state index contributed by atoms with van der Waals surface area (Å²) in [5.41, 5.74) is 1.50. The van der Waals surface area contributed by atoms with Gasteiger partial charge in [0, 0.05) is 35.2 Å². The molecule has 1 aliphatic carbocycles. The van der Waals surface area contributed by atoms with Crippen LogP contribution in [-0.4, -0.2) is 49.2 Å². The molecule has 1 aromatic rings. The van der Waals surface area contributed by atoms with Crippen LogP contribution in [0.4, 0.5) is 0 Å². The van der Waals surface area contributed by atoms with Gasteiger partial charge in [0.2, 0.25) is 0 Å². The van der Waals surface area contributed by atoms with Gasteiger partial charge in [-0.1, -0.05) is 31.9 Å². The molecule has 4 nitrogen and oxygen atoms in total. The number of nitrogens with one attached hydrogen (secondary N) is 2. The van der Waals surface area contributed by atoms with E-state index in [9.17, 15) is 4.79 Å². The lowest BCUT2D eigenvalue weighted by atomic mass is 9.96. The molecule has 3 rings (SSSR count). The second-order valence-corrected chi connectivity index (χ2v) is 9.33. The Kier molecular flexibility index (Phi) is 7.39. The van der Waals surface area contributed by atoms with Crippen molar-refractivity contribution < 1.29 is 4.79 Å². The lowest BCUT2D eigenvalue weighted by Gasteiger charge is -2.32. The van der Waals surface area contributed by atoms with E-state index in [-0.39, 0.29) is 5.91 Å². The number of likely N-dealkylation sites (tertiary alicyclic amines) is 1. The van der Waals surface area contributed by atoms with Gasteiger partial charge in [-0.05, 0) is 68.5 Å². The molecule has 2 fully saturated rings. The van der Waals surface area contributed by atoms with Gasteiger partial charge in [-0.15, -0.1) is 0 Å². The van der Waals surface area contributed by atoms with Gasteiger partial charge in [0.15, 0.2) is 0 Å². The standard InChI is InChI=1S/C18H26Cl2N3OP/c19-15-9-14(10-16(20)11-15)18(24)21-12-13-3-6-23(7-4-13)8-5-22-25-17-1-2-17/h9-11,13,17,22,25H,1-8,12H2,(H,21,24). The molecule has 0 spiro atoms. The molecule has 0 aromatic heterocycles. The number of nitrogens with zero attached hydrogens (tertiary/aromatic N) is 1. The van der Waals surface area contributed by atoms with Crippen LogP contribution in [0.15, 0.2) is 18.2 Å². The predicted molar refractivity (Wildman–Crippen MR) is 107 cm³/mol. The zero-order valence-corrected chi connectivity index (χ0v) is 16.9. The monoisotopic (exact) mass is 401 g/mol. The summed E-state index contributed by atoms with van der Waals surface area (Å²) in [7, 11) is 0.954. The number of halogens is 2. The molecule has 1 aliphatic heterocycles. The van der Waals surface area contributed by atoms with Gasteiger partial charge in [0.25, 0.3) is 5.91 Å². The van der Waals surface area contributed by atoms with Crippen molar-refractivity contribution in [2.45, 2.75) is 31.3 Å². The maximum Gasteiger partial charge on any atom is 0.251 e. The summed E-state index contributed by atoms with van der Waals surface area (Å²) in [6.45, 7) is 5.21. The molecule has 0 bridgehead atoms. The highest BCUT2D eigenvalue weighted by Crippen LogP contribution is 2.36. The van der Waals surface area contributed by atoms with Crippen LogP contribution in [0.25, 0.3) is 0 Å². The fourth-order valence-corrected chi connectivity index (χ4v) is 4.62. The molecule has 2 N–H and O–H groups in total. The molecule has 0 radical (unpaired) electrons. The number of carbonyl (C=O) groups excluding carboxylic acids is 1. The molecule has 2 aliphatic rings. The van der Waals surface area contributed by atoms with Crippen molar-refractivity contribution in [3.05, 3.63) is 33.8 Å². The summed E-state index contributed by atoms with van der Waals surface area (Å²) >= 11 is 11.9. The van der Waals surface area contributed by atoms with Crippen LogP contribution in [0.1, 0.15) is 36.0 Å². The van der Waals surface area contributed by atoms with Crippen LogP contribution in [0.2, 0.25) is 10.0 Å². The molecule has 1 aromatic carbocycles. The molecule has 1 amide bonds. The summed E-state index contributed by atoms with van der Waals surface area (Å²) < 4.78 is 0. The Hall–Kier alpha value is -0.380. The average Bonchev–Trinajstić information content (AvgIpc) is 3.41.